The third-order valence-electron chi connectivity index (χ3n) is 5.07. The Labute approximate surface area is 179 Å². The van der Waals surface area contributed by atoms with Crippen LogP contribution in [0, 0.1) is 0 Å². The third-order valence-corrected chi connectivity index (χ3v) is 5.32. The average Bonchev–Trinajstić information content (AvgIpc) is 2.98. The molecule has 1 aliphatic heterocycles. The van der Waals surface area contributed by atoms with Gasteiger partial charge in [-0.1, -0.05) is 60.1 Å². The van der Waals surface area contributed by atoms with E-state index < -0.39 is 5.72 Å². The van der Waals surface area contributed by atoms with Gasteiger partial charge in [0.05, 0.1) is 0 Å². The van der Waals surface area contributed by atoms with E-state index in [1.807, 2.05) is 18.2 Å². The minimum absolute atomic E-state index is 0.120. The summed E-state index contributed by atoms with van der Waals surface area (Å²) in [6.07, 6.45) is 0. The van der Waals surface area contributed by atoms with E-state index in [1.165, 1.54) is 4.90 Å². The molecule has 1 heterocycles. The zero-order valence-corrected chi connectivity index (χ0v) is 16.8. The molecule has 0 unspecified atom stereocenters. The second kappa shape index (κ2) is 8.18. The first-order valence-corrected chi connectivity index (χ1v) is 9.88. The number of rotatable bonds is 5. The van der Waals surface area contributed by atoms with Crippen LogP contribution in [0.2, 0.25) is 5.02 Å². The van der Waals surface area contributed by atoms with Crippen LogP contribution in [-0.2, 0) is 5.72 Å². The monoisotopic (exact) mass is 421 g/mol. The van der Waals surface area contributed by atoms with Gasteiger partial charge in [-0.25, -0.2) is 4.79 Å². The molecule has 0 aliphatic carbocycles. The summed E-state index contributed by atoms with van der Waals surface area (Å²) in [6, 6.07) is 22.4. The summed E-state index contributed by atoms with van der Waals surface area (Å²) >= 11 is 6.00. The van der Waals surface area contributed by atoms with Gasteiger partial charge in [-0.3, -0.25) is 4.79 Å². The third kappa shape index (κ3) is 3.63. The lowest BCUT2D eigenvalue weighted by atomic mass is 9.94. The van der Waals surface area contributed by atoms with E-state index in [4.69, 9.17) is 11.6 Å². The number of hydrogen-bond donors (Lipinski definition) is 3. The molecule has 3 amide bonds. The number of aliphatic hydroxyl groups is 1. The fraction of sp³-hybridized carbons (Fsp3) is 0.130. The quantitative estimate of drug-likeness (QED) is 0.586. The van der Waals surface area contributed by atoms with Crippen molar-refractivity contribution < 1.29 is 14.7 Å². The first-order chi connectivity index (χ1) is 14.5. The van der Waals surface area contributed by atoms with E-state index in [9.17, 15) is 14.7 Å². The maximum atomic E-state index is 13.0. The van der Waals surface area contributed by atoms with Gasteiger partial charge in [0, 0.05) is 40.5 Å². The van der Waals surface area contributed by atoms with E-state index >= 15 is 0 Å². The summed E-state index contributed by atoms with van der Waals surface area (Å²) in [6.45, 7) is 0.281. The Hall–Kier alpha value is -3.35. The summed E-state index contributed by atoms with van der Waals surface area (Å²) in [5.74, 6) is -0.298. The number of para-hydroxylation sites is 1. The van der Waals surface area contributed by atoms with E-state index in [1.54, 1.807) is 60.7 Å². The fourth-order valence-corrected chi connectivity index (χ4v) is 3.77. The van der Waals surface area contributed by atoms with E-state index in [0.717, 1.165) is 0 Å². The van der Waals surface area contributed by atoms with Gasteiger partial charge in [-0.2, -0.15) is 0 Å². The van der Waals surface area contributed by atoms with Gasteiger partial charge in [0.25, 0.3) is 5.91 Å². The molecule has 152 valence electrons. The van der Waals surface area contributed by atoms with Crippen molar-refractivity contribution in [2.24, 2.45) is 0 Å². The SMILES string of the molecule is O=C(NCCN1C(=O)c2ccccc2[C@]1(O)c1ccc(Cl)cc1)Nc1ccccc1. The molecule has 0 fully saturated rings. The van der Waals surface area contributed by atoms with Crippen molar-refractivity contribution in [1.29, 1.82) is 0 Å². The Balaban J connectivity index is 1.53. The zero-order chi connectivity index (χ0) is 21.1. The topological polar surface area (TPSA) is 81.7 Å². The van der Waals surface area contributed by atoms with Gasteiger partial charge < -0.3 is 20.6 Å². The van der Waals surface area contributed by atoms with E-state index in [-0.39, 0.29) is 25.0 Å². The highest BCUT2D eigenvalue weighted by Gasteiger charge is 2.49. The number of hydrogen-bond acceptors (Lipinski definition) is 3. The number of benzene rings is 3. The summed E-state index contributed by atoms with van der Waals surface area (Å²) in [5, 5.41) is 17.7. The summed E-state index contributed by atoms with van der Waals surface area (Å²) in [5.41, 5.74) is 0.488. The Morgan fingerprint density at radius 1 is 0.967 bits per heavy atom. The van der Waals surface area contributed by atoms with Crippen LogP contribution in [0.5, 0.6) is 0 Å². The second-order valence-corrected chi connectivity index (χ2v) is 7.36. The Bertz CT molecular complexity index is 1070. The van der Waals surface area contributed by atoms with Crippen LogP contribution >= 0.6 is 11.6 Å². The minimum atomic E-state index is -1.64. The number of carbonyl (C=O) groups is 2. The van der Waals surface area contributed by atoms with Gasteiger partial charge in [0.2, 0.25) is 0 Å². The first-order valence-electron chi connectivity index (χ1n) is 9.50. The molecule has 0 spiro atoms. The molecule has 3 aromatic carbocycles. The first kappa shape index (κ1) is 19.9. The number of anilines is 1. The molecule has 6 nitrogen and oxygen atoms in total. The van der Waals surface area contributed by atoms with Crippen molar-refractivity contribution in [3.05, 3.63) is 101 Å². The van der Waals surface area contributed by atoms with Crippen LogP contribution < -0.4 is 10.6 Å². The van der Waals surface area contributed by atoms with Crippen molar-refractivity contribution in [3.8, 4) is 0 Å². The number of urea groups is 1. The number of carbonyl (C=O) groups excluding carboxylic acids is 2. The predicted octanol–water partition coefficient (Wildman–Crippen LogP) is 3.81. The molecule has 3 N–H and O–H groups in total. The molecule has 0 aromatic heterocycles. The normalized spacial score (nSPS) is 17.5. The maximum Gasteiger partial charge on any atom is 0.319 e. The summed E-state index contributed by atoms with van der Waals surface area (Å²) in [4.78, 5) is 26.5. The van der Waals surface area contributed by atoms with Crippen LogP contribution in [0.1, 0.15) is 21.5 Å². The Morgan fingerprint density at radius 3 is 2.37 bits per heavy atom. The van der Waals surface area contributed by atoms with Crippen molar-refractivity contribution in [1.82, 2.24) is 10.2 Å². The molecular weight excluding hydrogens is 402 g/mol. The Morgan fingerprint density at radius 2 is 1.63 bits per heavy atom. The summed E-state index contributed by atoms with van der Waals surface area (Å²) < 4.78 is 0. The van der Waals surface area contributed by atoms with Crippen molar-refractivity contribution in [2.75, 3.05) is 18.4 Å². The van der Waals surface area contributed by atoms with E-state index in [2.05, 4.69) is 10.6 Å². The average molecular weight is 422 g/mol. The molecule has 3 aromatic rings. The molecule has 0 bridgehead atoms. The highest BCUT2D eigenvalue weighted by atomic mass is 35.5. The van der Waals surface area contributed by atoms with Crippen LogP contribution in [0.25, 0.3) is 0 Å². The van der Waals surface area contributed by atoms with Crippen LogP contribution in [-0.4, -0.2) is 35.0 Å². The summed E-state index contributed by atoms with van der Waals surface area (Å²) in [7, 11) is 0. The number of halogens is 1. The van der Waals surface area contributed by atoms with Crippen molar-refractivity contribution in [3.63, 3.8) is 0 Å². The molecule has 0 saturated carbocycles. The number of nitrogens with one attached hydrogen (secondary N) is 2. The lowest BCUT2D eigenvalue weighted by molar-refractivity contribution is -0.0489. The lowest BCUT2D eigenvalue weighted by Crippen LogP contribution is -2.48. The lowest BCUT2D eigenvalue weighted by Gasteiger charge is -2.35. The smallest absolute Gasteiger partial charge is 0.319 e. The highest BCUT2D eigenvalue weighted by Crippen LogP contribution is 2.42. The number of nitrogens with zero attached hydrogens (tertiary/aromatic N) is 1. The molecule has 0 radical (unpaired) electrons. The van der Waals surface area contributed by atoms with Crippen LogP contribution in [0.4, 0.5) is 10.5 Å². The van der Waals surface area contributed by atoms with Crippen molar-refractivity contribution >= 4 is 29.2 Å². The van der Waals surface area contributed by atoms with Gasteiger partial charge >= 0.3 is 6.03 Å². The molecule has 1 atom stereocenters. The fourth-order valence-electron chi connectivity index (χ4n) is 3.65. The van der Waals surface area contributed by atoms with Crippen LogP contribution in [0.3, 0.4) is 0 Å². The highest BCUT2D eigenvalue weighted by molar-refractivity contribution is 6.30. The van der Waals surface area contributed by atoms with Crippen LogP contribution in [0.15, 0.2) is 78.9 Å². The predicted molar refractivity (Wildman–Crippen MR) is 115 cm³/mol. The largest absolute Gasteiger partial charge is 0.363 e. The molecule has 4 rings (SSSR count). The number of fused-ring (bicyclic) bond motifs is 1. The minimum Gasteiger partial charge on any atom is -0.363 e. The molecule has 30 heavy (non-hydrogen) atoms. The van der Waals surface area contributed by atoms with Gasteiger partial charge in [0.1, 0.15) is 0 Å². The molecular formula is C23H20ClN3O3. The van der Waals surface area contributed by atoms with Gasteiger partial charge in [0.15, 0.2) is 5.72 Å². The molecule has 0 saturated heterocycles. The van der Waals surface area contributed by atoms with E-state index in [0.29, 0.717) is 27.4 Å². The molecule has 1 aliphatic rings. The zero-order valence-electron chi connectivity index (χ0n) is 16.0. The second-order valence-electron chi connectivity index (χ2n) is 6.93. The van der Waals surface area contributed by atoms with Gasteiger partial charge in [-0.05, 0) is 30.3 Å². The maximum absolute atomic E-state index is 13.0. The molecule has 7 heteroatoms. The Kier molecular flexibility index (Phi) is 5.44. The van der Waals surface area contributed by atoms with Gasteiger partial charge in [-0.15, -0.1) is 0 Å². The number of amides is 3. The van der Waals surface area contributed by atoms with Crippen molar-refractivity contribution in [2.45, 2.75) is 5.72 Å². The standard InChI is InChI=1S/C23H20ClN3O3/c24-17-12-10-16(11-13-17)23(30)20-9-5-4-8-19(20)21(28)27(23)15-14-25-22(29)26-18-6-2-1-3-7-18/h1-13,30H,14-15H2,(H2,25,26,29)/t23-/m1/s1.